The molecule has 1 unspecified atom stereocenters. The third-order valence-corrected chi connectivity index (χ3v) is 3.96. The summed E-state index contributed by atoms with van der Waals surface area (Å²) < 4.78 is 15.0. The van der Waals surface area contributed by atoms with E-state index in [0.717, 1.165) is 17.0 Å². The van der Waals surface area contributed by atoms with Crippen LogP contribution in [-0.2, 0) is 7.05 Å². The standard InChI is InChI=1S/C14H16Cl2FN3/c1-7(13-8(2)19-20(4)9(13)3)18-14-11(15)5-10(17)6-12(14)16/h5-7,18H,1-4H3. The largest absolute Gasteiger partial charge is 0.376 e. The van der Waals surface area contributed by atoms with Crippen molar-refractivity contribution < 1.29 is 4.39 Å². The summed E-state index contributed by atoms with van der Waals surface area (Å²) in [4.78, 5) is 0. The fraction of sp³-hybridized carbons (Fsp3) is 0.357. The van der Waals surface area contributed by atoms with E-state index < -0.39 is 5.82 Å². The molecule has 0 amide bonds. The first kappa shape index (κ1) is 15.1. The molecule has 20 heavy (non-hydrogen) atoms. The Bertz CT molecular complexity index is 629. The zero-order valence-electron chi connectivity index (χ0n) is 11.8. The summed E-state index contributed by atoms with van der Waals surface area (Å²) in [6, 6.07) is 2.45. The van der Waals surface area contributed by atoms with Gasteiger partial charge in [0.15, 0.2) is 0 Å². The third kappa shape index (κ3) is 2.76. The lowest BCUT2D eigenvalue weighted by atomic mass is 10.1. The predicted octanol–water partition coefficient (Wildman–Crippen LogP) is 4.66. The highest BCUT2D eigenvalue weighted by Crippen LogP contribution is 2.35. The third-order valence-electron chi connectivity index (χ3n) is 3.37. The van der Waals surface area contributed by atoms with Gasteiger partial charge in [0, 0.05) is 18.3 Å². The molecule has 2 aromatic rings. The Labute approximate surface area is 127 Å². The molecule has 0 bridgehead atoms. The molecule has 3 nitrogen and oxygen atoms in total. The van der Waals surface area contributed by atoms with Gasteiger partial charge in [-0.2, -0.15) is 5.10 Å². The molecule has 1 aromatic heterocycles. The topological polar surface area (TPSA) is 29.9 Å². The highest BCUT2D eigenvalue weighted by molar-refractivity contribution is 6.39. The first-order chi connectivity index (χ1) is 9.31. The van der Waals surface area contributed by atoms with Crippen molar-refractivity contribution in [1.82, 2.24) is 9.78 Å². The molecular weight excluding hydrogens is 300 g/mol. The summed E-state index contributed by atoms with van der Waals surface area (Å²) in [5.74, 6) is -0.452. The molecule has 0 aliphatic rings. The van der Waals surface area contributed by atoms with Crippen LogP contribution in [0.3, 0.4) is 0 Å². The Morgan fingerprint density at radius 3 is 2.25 bits per heavy atom. The van der Waals surface area contributed by atoms with Crippen LogP contribution >= 0.6 is 23.2 Å². The predicted molar refractivity (Wildman–Crippen MR) is 81.1 cm³/mol. The van der Waals surface area contributed by atoms with Gasteiger partial charge in [0.2, 0.25) is 0 Å². The molecule has 0 saturated carbocycles. The van der Waals surface area contributed by atoms with E-state index in [-0.39, 0.29) is 16.1 Å². The molecule has 6 heteroatoms. The van der Waals surface area contributed by atoms with Crippen LogP contribution in [0.25, 0.3) is 0 Å². The van der Waals surface area contributed by atoms with E-state index in [4.69, 9.17) is 23.2 Å². The molecule has 0 radical (unpaired) electrons. The SMILES string of the molecule is Cc1nn(C)c(C)c1C(C)Nc1c(Cl)cc(F)cc1Cl. The van der Waals surface area contributed by atoms with Gasteiger partial charge < -0.3 is 5.32 Å². The van der Waals surface area contributed by atoms with Crippen LogP contribution in [0.15, 0.2) is 12.1 Å². The summed E-state index contributed by atoms with van der Waals surface area (Å²) in [6.07, 6.45) is 0. The van der Waals surface area contributed by atoms with Gasteiger partial charge in [0.1, 0.15) is 5.82 Å². The number of anilines is 1. The molecule has 2 rings (SSSR count). The van der Waals surface area contributed by atoms with Crippen molar-refractivity contribution in [2.24, 2.45) is 7.05 Å². The van der Waals surface area contributed by atoms with Gasteiger partial charge in [-0.25, -0.2) is 4.39 Å². The molecular formula is C14H16Cl2FN3. The van der Waals surface area contributed by atoms with Gasteiger partial charge in [0.05, 0.1) is 27.5 Å². The van der Waals surface area contributed by atoms with E-state index in [0.29, 0.717) is 5.69 Å². The maximum absolute atomic E-state index is 13.2. The smallest absolute Gasteiger partial charge is 0.126 e. The number of rotatable bonds is 3. The Balaban J connectivity index is 2.35. The van der Waals surface area contributed by atoms with Crippen molar-refractivity contribution in [3.63, 3.8) is 0 Å². The minimum Gasteiger partial charge on any atom is -0.376 e. The minimum atomic E-state index is -0.452. The summed E-state index contributed by atoms with van der Waals surface area (Å²) in [5, 5.41) is 8.15. The lowest BCUT2D eigenvalue weighted by Gasteiger charge is -2.18. The second kappa shape index (κ2) is 5.62. The number of halogens is 3. The molecule has 1 atom stereocenters. The molecule has 108 valence electrons. The van der Waals surface area contributed by atoms with Gasteiger partial charge in [-0.1, -0.05) is 23.2 Å². The molecule has 0 saturated heterocycles. The number of aryl methyl sites for hydroxylation is 2. The molecule has 0 spiro atoms. The van der Waals surface area contributed by atoms with E-state index in [9.17, 15) is 4.39 Å². The maximum Gasteiger partial charge on any atom is 0.126 e. The monoisotopic (exact) mass is 315 g/mol. The molecule has 0 aliphatic carbocycles. The van der Waals surface area contributed by atoms with Crippen LogP contribution in [0, 0.1) is 19.7 Å². The van der Waals surface area contributed by atoms with E-state index in [2.05, 4.69) is 10.4 Å². The van der Waals surface area contributed by atoms with Crippen molar-refractivity contribution in [3.05, 3.63) is 44.9 Å². The van der Waals surface area contributed by atoms with Crippen molar-refractivity contribution in [2.75, 3.05) is 5.32 Å². The normalized spacial score (nSPS) is 12.6. The lowest BCUT2D eigenvalue weighted by Crippen LogP contribution is -2.10. The quantitative estimate of drug-likeness (QED) is 0.893. The van der Waals surface area contributed by atoms with Gasteiger partial charge in [0.25, 0.3) is 0 Å². The first-order valence-electron chi connectivity index (χ1n) is 6.22. The fourth-order valence-corrected chi connectivity index (χ4v) is 2.95. The van der Waals surface area contributed by atoms with E-state index in [1.54, 1.807) is 0 Å². The highest BCUT2D eigenvalue weighted by atomic mass is 35.5. The number of aromatic nitrogens is 2. The fourth-order valence-electron chi connectivity index (χ4n) is 2.39. The average molecular weight is 316 g/mol. The minimum absolute atomic E-state index is 0.0378. The van der Waals surface area contributed by atoms with Gasteiger partial charge in [-0.15, -0.1) is 0 Å². The van der Waals surface area contributed by atoms with Crippen LogP contribution in [0.1, 0.15) is 29.9 Å². The Hall–Kier alpha value is -1.26. The maximum atomic E-state index is 13.2. The molecule has 1 N–H and O–H groups in total. The Morgan fingerprint density at radius 2 is 1.80 bits per heavy atom. The number of nitrogens with one attached hydrogen (secondary N) is 1. The molecule has 0 aliphatic heterocycles. The lowest BCUT2D eigenvalue weighted by molar-refractivity contribution is 0.628. The Morgan fingerprint density at radius 1 is 1.25 bits per heavy atom. The Kier molecular flexibility index (Phi) is 4.25. The number of nitrogens with zero attached hydrogens (tertiary/aromatic N) is 2. The highest BCUT2D eigenvalue weighted by Gasteiger charge is 2.18. The van der Waals surface area contributed by atoms with Crippen LogP contribution in [0.5, 0.6) is 0 Å². The number of hydrogen-bond acceptors (Lipinski definition) is 2. The van der Waals surface area contributed by atoms with Crippen molar-refractivity contribution in [2.45, 2.75) is 26.8 Å². The van der Waals surface area contributed by atoms with E-state index in [1.165, 1.54) is 12.1 Å². The molecule has 1 heterocycles. The van der Waals surface area contributed by atoms with E-state index >= 15 is 0 Å². The van der Waals surface area contributed by atoms with Crippen LogP contribution in [0.2, 0.25) is 10.0 Å². The zero-order valence-corrected chi connectivity index (χ0v) is 13.3. The first-order valence-corrected chi connectivity index (χ1v) is 6.98. The molecule has 1 aromatic carbocycles. The van der Waals surface area contributed by atoms with Crippen LogP contribution in [0.4, 0.5) is 10.1 Å². The zero-order chi connectivity index (χ0) is 15.0. The van der Waals surface area contributed by atoms with Gasteiger partial charge in [-0.05, 0) is 32.9 Å². The summed E-state index contributed by atoms with van der Waals surface area (Å²) >= 11 is 12.1. The van der Waals surface area contributed by atoms with Gasteiger partial charge in [-0.3, -0.25) is 4.68 Å². The van der Waals surface area contributed by atoms with Crippen molar-refractivity contribution in [3.8, 4) is 0 Å². The van der Waals surface area contributed by atoms with Crippen molar-refractivity contribution in [1.29, 1.82) is 0 Å². The molecule has 0 fully saturated rings. The van der Waals surface area contributed by atoms with E-state index in [1.807, 2.05) is 32.5 Å². The van der Waals surface area contributed by atoms with Crippen LogP contribution < -0.4 is 5.32 Å². The summed E-state index contributed by atoms with van der Waals surface area (Å²) in [6.45, 7) is 5.95. The second-order valence-electron chi connectivity index (χ2n) is 4.82. The van der Waals surface area contributed by atoms with Crippen molar-refractivity contribution >= 4 is 28.9 Å². The summed E-state index contributed by atoms with van der Waals surface area (Å²) in [5.41, 5.74) is 3.63. The number of benzene rings is 1. The second-order valence-corrected chi connectivity index (χ2v) is 5.63. The van der Waals surface area contributed by atoms with Crippen LogP contribution in [-0.4, -0.2) is 9.78 Å². The van der Waals surface area contributed by atoms with Gasteiger partial charge >= 0.3 is 0 Å². The summed E-state index contributed by atoms with van der Waals surface area (Å²) in [7, 11) is 1.90. The average Bonchev–Trinajstić information content (AvgIpc) is 2.58. The number of hydrogen-bond donors (Lipinski definition) is 1.